The Morgan fingerprint density at radius 1 is 1.08 bits per heavy atom. The molecule has 0 saturated heterocycles. The topological polar surface area (TPSA) is 42.9 Å². The number of carbonyl (C=O) groups is 1. The maximum atomic E-state index is 12.6. The van der Waals surface area contributed by atoms with Crippen molar-refractivity contribution in [1.29, 1.82) is 0 Å². The molecule has 0 aliphatic rings. The Hall–Kier alpha value is -2.24. The molecule has 4 aromatic rings. The molecule has 0 N–H and O–H groups in total. The van der Waals surface area contributed by atoms with Gasteiger partial charge in [0.1, 0.15) is 16.2 Å². The second-order valence-electron chi connectivity index (χ2n) is 5.92. The van der Waals surface area contributed by atoms with Crippen molar-refractivity contribution < 1.29 is 4.79 Å². The normalized spacial score (nSPS) is 11.3. The number of ketones is 1. The SMILES string of the molecule is Cc1sc2ncnc(SCC(=O)c3ccc4ccccc4c3)c2c1C. The fourth-order valence-corrected chi connectivity index (χ4v) is 4.85. The van der Waals surface area contributed by atoms with E-state index >= 15 is 0 Å². The molecule has 0 unspecified atom stereocenters. The third-order valence-electron chi connectivity index (χ3n) is 4.34. The predicted octanol–water partition coefficient (Wildman–Crippen LogP) is 5.44. The van der Waals surface area contributed by atoms with E-state index in [1.54, 1.807) is 17.7 Å². The number of nitrogens with zero attached hydrogens (tertiary/aromatic N) is 2. The summed E-state index contributed by atoms with van der Waals surface area (Å²) in [6.45, 7) is 4.18. The first-order valence-corrected chi connectivity index (χ1v) is 9.79. The largest absolute Gasteiger partial charge is 0.293 e. The van der Waals surface area contributed by atoms with Crippen molar-refractivity contribution >= 4 is 49.9 Å². The molecule has 2 heterocycles. The molecule has 2 aromatic heterocycles. The molecule has 0 bridgehead atoms. The van der Waals surface area contributed by atoms with Gasteiger partial charge < -0.3 is 0 Å². The summed E-state index contributed by atoms with van der Waals surface area (Å²) in [4.78, 5) is 23.6. The van der Waals surface area contributed by atoms with Crippen molar-refractivity contribution in [3.8, 4) is 0 Å². The fraction of sp³-hybridized carbons (Fsp3) is 0.150. The second-order valence-corrected chi connectivity index (χ2v) is 8.08. The van der Waals surface area contributed by atoms with Gasteiger partial charge in [-0.1, -0.05) is 48.2 Å². The van der Waals surface area contributed by atoms with Crippen LogP contribution >= 0.6 is 23.1 Å². The van der Waals surface area contributed by atoms with Gasteiger partial charge in [-0.15, -0.1) is 11.3 Å². The van der Waals surface area contributed by atoms with E-state index in [2.05, 4.69) is 29.9 Å². The van der Waals surface area contributed by atoms with Crippen molar-refractivity contribution in [3.63, 3.8) is 0 Å². The smallest absolute Gasteiger partial charge is 0.173 e. The lowest BCUT2D eigenvalue weighted by atomic mass is 10.1. The summed E-state index contributed by atoms with van der Waals surface area (Å²) in [7, 11) is 0. The number of fused-ring (bicyclic) bond motifs is 2. The number of Topliss-reactive ketones (excluding diaryl/α,β-unsaturated/α-hetero) is 1. The lowest BCUT2D eigenvalue weighted by Gasteiger charge is -2.05. The van der Waals surface area contributed by atoms with Crippen LogP contribution in [0.1, 0.15) is 20.8 Å². The van der Waals surface area contributed by atoms with Gasteiger partial charge in [0.15, 0.2) is 5.78 Å². The maximum Gasteiger partial charge on any atom is 0.173 e. The molecular weight excluding hydrogens is 348 g/mol. The van der Waals surface area contributed by atoms with Gasteiger partial charge in [-0.3, -0.25) is 4.79 Å². The number of carbonyl (C=O) groups excluding carboxylic acids is 1. The van der Waals surface area contributed by atoms with Crippen LogP contribution in [0.3, 0.4) is 0 Å². The van der Waals surface area contributed by atoms with Crippen LogP contribution in [0.2, 0.25) is 0 Å². The molecule has 3 nitrogen and oxygen atoms in total. The van der Waals surface area contributed by atoms with Gasteiger partial charge in [-0.05, 0) is 36.2 Å². The molecule has 0 amide bonds. The van der Waals surface area contributed by atoms with Gasteiger partial charge in [0.05, 0.1) is 5.75 Å². The summed E-state index contributed by atoms with van der Waals surface area (Å²) in [5.41, 5.74) is 1.95. The highest BCUT2D eigenvalue weighted by Crippen LogP contribution is 2.34. The summed E-state index contributed by atoms with van der Waals surface area (Å²) < 4.78 is 0. The molecule has 0 aliphatic heterocycles. The Balaban J connectivity index is 1.59. The molecule has 0 spiro atoms. The molecule has 4 rings (SSSR count). The minimum Gasteiger partial charge on any atom is -0.293 e. The predicted molar refractivity (Wildman–Crippen MR) is 106 cm³/mol. The van der Waals surface area contributed by atoms with Crippen LogP contribution in [-0.2, 0) is 0 Å². The minimum atomic E-state index is 0.118. The van der Waals surface area contributed by atoms with Crippen LogP contribution in [0.15, 0.2) is 53.8 Å². The van der Waals surface area contributed by atoms with Crippen molar-refractivity contribution in [2.45, 2.75) is 18.9 Å². The average molecular weight is 364 g/mol. The van der Waals surface area contributed by atoms with E-state index in [9.17, 15) is 4.79 Å². The summed E-state index contributed by atoms with van der Waals surface area (Å²) in [5, 5.41) is 4.21. The summed E-state index contributed by atoms with van der Waals surface area (Å²) in [6, 6.07) is 14.0. The lowest BCUT2D eigenvalue weighted by Crippen LogP contribution is -2.02. The van der Waals surface area contributed by atoms with E-state index in [-0.39, 0.29) is 5.78 Å². The summed E-state index contributed by atoms with van der Waals surface area (Å²) in [5.74, 6) is 0.492. The Bertz CT molecular complexity index is 1100. The number of rotatable bonds is 4. The Labute approximate surface area is 154 Å². The zero-order valence-electron chi connectivity index (χ0n) is 13.9. The van der Waals surface area contributed by atoms with Crippen molar-refractivity contribution in [2.24, 2.45) is 0 Å². The number of aryl methyl sites for hydroxylation is 2. The number of hydrogen-bond donors (Lipinski definition) is 0. The van der Waals surface area contributed by atoms with Crippen LogP contribution in [0, 0.1) is 13.8 Å². The van der Waals surface area contributed by atoms with Crippen molar-refractivity contribution in [1.82, 2.24) is 9.97 Å². The second kappa shape index (κ2) is 6.58. The number of benzene rings is 2. The van der Waals surface area contributed by atoms with Gasteiger partial charge >= 0.3 is 0 Å². The minimum absolute atomic E-state index is 0.118. The quantitative estimate of drug-likeness (QED) is 0.275. The first kappa shape index (κ1) is 16.2. The van der Waals surface area contributed by atoms with Crippen LogP contribution in [0.4, 0.5) is 0 Å². The van der Waals surface area contributed by atoms with Gasteiger partial charge in [-0.25, -0.2) is 9.97 Å². The molecule has 0 radical (unpaired) electrons. The monoisotopic (exact) mass is 364 g/mol. The molecule has 0 saturated carbocycles. The average Bonchev–Trinajstić information content (AvgIpc) is 2.94. The molecule has 0 aliphatic carbocycles. The molecular formula is C20H16N2OS2. The summed E-state index contributed by atoms with van der Waals surface area (Å²) >= 11 is 3.17. The Morgan fingerprint density at radius 2 is 1.88 bits per heavy atom. The third kappa shape index (κ3) is 3.05. The number of thioether (sulfide) groups is 1. The van der Waals surface area contributed by atoms with E-state index in [4.69, 9.17) is 0 Å². The molecule has 124 valence electrons. The molecule has 25 heavy (non-hydrogen) atoms. The van der Waals surface area contributed by atoms with Crippen LogP contribution in [0.25, 0.3) is 21.0 Å². The van der Waals surface area contributed by atoms with Crippen molar-refractivity contribution in [3.05, 3.63) is 64.8 Å². The molecule has 0 fully saturated rings. The van der Waals surface area contributed by atoms with Gasteiger partial charge in [-0.2, -0.15) is 0 Å². The van der Waals surface area contributed by atoms with Gasteiger partial charge in [0.2, 0.25) is 0 Å². The number of thiophene rings is 1. The van der Waals surface area contributed by atoms with Gasteiger partial charge in [0, 0.05) is 15.8 Å². The first-order chi connectivity index (χ1) is 12.1. The maximum absolute atomic E-state index is 12.6. The first-order valence-electron chi connectivity index (χ1n) is 7.99. The van der Waals surface area contributed by atoms with E-state index in [1.807, 2.05) is 36.4 Å². The van der Waals surface area contributed by atoms with Crippen molar-refractivity contribution in [2.75, 3.05) is 5.75 Å². The Kier molecular flexibility index (Phi) is 4.27. The number of hydrogen-bond acceptors (Lipinski definition) is 5. The third-order valence-corrected chi connectivity index (χ3v) is 6.45. The van der Waals surface area contributed by atoms with E-state index in [0.29, 0.717) is 5.75 Å². The highest BCUT2D eigenvalue weighted by molar-refractivity contribution is 8.00. The standard InChI is InChI=1S/C20H16N2OS2/c1-12-13(2)25-20-18(12)19(21-11-22-20)24-10-17(23)16-8-7-14-5-3-4-6-15(14)9-16/h3-9,11H,10H2,1-2H3. The highest BCUT2D eigenvalue weighted by atomic mass is 32.2. The highest BCUT2D eigenvalue weighted by Gasteiger charge is 2.14. The lowest BCUT2D eigenvalue weighted by molar-refractivity contribution is 0.102. The Morgan fingerprint density at radius 3 is 2.72 bits per heavy atom. The van der Waals surface area contributed by atoms with Gasteiger partial charge in [0.25, 0.3) is 0 Å². The number of aromatic nitrogens is 2. The van der Waals surface area contributed by atoms with E-state index in [0.717, 1.165) is 31.6 Å². The molecule has 5 heteroatoms. The van der Waals surface area contributed by atoms with Crippen LogP contribution in [0.5, 0.6) is 0 Å². The summed E-state index contributed by atoms with van der Waals surface area (Å²) in [6.07, 6.45) is 1.58. The molecule has 2 aromatic carbocycles. The zero-order chi connectivity index (χ0) is 17.4. The van der Waals surface area contributed by atoms with E-state index in [1.165, 1.54) is 22.2 Å². The molecule has 0 atom stereocenters. The van der Waals surface area contributed by atoms with Crippen LogP contribution in [-0.4, -0.2) is 21.5 Å². The zero-order valence-corrected chi connectivity index (χ0v) is 15.6. The van der Waals surface area contributed by atoms with E-state index < -0.39 is 0 Å². The fourth-order valence-electron chi connectivity index (χ4n) is 2.84. The van der Waals surface area contributed by atoms with Crippen LogP contribution < -0.4 is 0 Å².